The topological polar surface area (TPSA) is 60.9 Å². The molecular weight excluding hydrogens is 400 g/mol. The molecule has 0 atom stereocenters. The van der Waals surface area contributed by atoms with Gasteiger partial charge in [0.05, 0.1) is 10.2 Å². The van der Waals surface area contributed by atoms with Gasteiger partial charge in [0.15, 0.2) is 11.5 Å². The van der Waals surface area contributed by atoms with Crippen LogP contribution in [0.3, 0.4) is 0 Å². The number of likely N-dealkylation sites (tertiary alicyclic amines) is 1. The second-order valence-corrected chi connectivity index (χ2v) is 8.79. The molecule has 2 aliphatic heterocycles. The molecule has 3 aromatic rings. The molecule has 5 rings (SSSR count). The lowest BCUT2D eigenvalue weighted by Crippen LogP contribution is -2.41. The number of rotatable bonds is 3. The van der Waals surface area contributed by atoms with Crippen LogP contribution in [-0.4, -0.2) is 48.2 Å². The summed E-state index contributed by atoms with van der Waals surface area (Å²) in [4.78, 5) is 19.5. The number of carbonyl (C=O) groups is 1. The van der Waals surface area contributed by atoms with E-state index in [9.17, 15) is 4.79 Å². The van der Waals surface area contributed by atoms with Gasteiger partial charge in [-0.05, 0) is 43.2 Å². The van der Waals surface area contributed by atoms with Gasteiger partial charge in [-0.2, -0.15) is 0 Å². The lowest BCUT2D eigenvalue weighted by Gasteiger charge is -2.31. The van der Waals surface area contributed by atoms with Crippen molar-refractivity contribution >= 4 is 27.5 Å². The predicted octanol–water partition coefficient (Wildman–Crippen LogP) is 4.37. The third kappa shape index (κ3) is 3.58. The molecule has 0 bridgehead atoms. The number of ether oxygens (including phenoxy) is 3. The van der Waals surface area contributed by atoms with Crippen LogP contribution in [0, 0.1) is 13.8 Å². The zero-order valence-corrected chi connectivity index (χ0v) is 18.0. The molecule has 7 heteroatoms. The molecule has 0 aliphatic carbocycles. The fraction of sp³-hybridized carbons (Fsp3) is 0.391. The maximum Gasteiger partial charge on any atom is 0.274 e. The Morgan fingerprint density at radius 3 is 2.57 bits per heavy atom. The SMILES string of the molecule is Cc1ccc(C)c2sc(OC3CCN(C(=O)c4ccc5c(c4)OCCO5)CC3)nc12. The summed E-state index contributed by atoms with van der Waals surface area (Å²) in [6, 6.07) is 9.63. The first-order valence-corrected chi connectivity index (χ1v) is 11.1. The lowest BCUT2D eigenvalue weighted by molar-refractivity contribution is 0.0594. The first kappa shape index (κ1) is 19.2. The summed E-state index contributed by atoms with van der Waals surface area (Å²) in [5, 5.41) is 0.721. The van der Waals surface area contributed by atoms with Gasteiger partial charge in [-0.15, -0.1) is 0 Å². The van der Waals surface area contributed by atoms with E-state index in [0.717, 1.165) is 23.6 Å². The van der Waals surface area contributed by atoms with Crippen LogP contribution in [-0.2, 0) is 0 Å². The van der Waals surface area contributed by atoms with Gasteiger partial charge < -0.3 is 19.1 Å². The van der Waals surface area contributed by atoms with E-state index in [4.69, 9.17) is 19.2 Å². The van der Waals surface area contributed by atoms with E-state index >= 15 is 0 Å². The summed E-state index contributed by atoms with van der Waals surface area (Å²) in [6.45, 7) is 6.57. The van der Waals surface area contributed by atoms with Crippen LogP contribution in [0.2, 0.25) is 0 Å². The van der Waals surface area contributed by atoms with Gasteiger partial charge in [-0.3, -0.25) is 4.79 Å². The number of aromatic nitrogens is 1. The van der Waals surface area contributed by atoms with Crippen molar-refractivity contribution in [3.05, 3.63) is 47.0 Å². The first-order valence-electron chi connectivity index (χ1n) is 10.3. The van der Waals surface area contributed by atoms with Crippen molar-refractivity contribution in [1.82, 2.24) is 9.88 Å². The molecule has 0 unspecified atom stereocenters. The van der Waals surface area contributed by atoms with E-state index in [0.29, 0.717) is 43.4 Å². The number of hydrogen-bond donors (Lipinski definition) is 0. The highest BCUT2D eigenvalue weighted by Gasteiger charge is 2.26. The molecule has 2 aromatic carbocycles. The maximum atomic E-state index is 12.9. The Balaban J connectivity index is 1.23. The summed E-state index contributed by atoms with van der Waals surface area (Å²) in [5.41, 5.74) is 4.06. The molecule has 1 saturated heterocycles. The van der Waals surface area contributed by atoms with Gasteiger partial charge in [0, 0.05) is 31.5 Å². The van der Waals surface area contributed by atoms with E-state index < -0.39 is 0 Å². The van der Waals surface area contributed by atoms with Crippen molar-refractivity contribution in [3.8, 4) is 16.7 Å². The second-order valence-electron chi connectivity index (χ2n) is 7.82. The van der Waals surface area contributed by atoms with E-state index in [1.54, 1.807) is 17.4 Å². The van der Waals surface area contributed by atoms with Gasteiger partial charge in [0.25, 0.3) is 11.1 Å². The predicted molar refractivity (Wildman–Crippen MR) is 116 cm³/mol. The third-order valence-electron chi connectivity index (χ3n) is 5.71. The standard InChI is InChI=1S/C23H24N2O4S/c1-14-3-4-15(2)21-20(14)24-23(30-21)29-17-7-9-25(10-8-17)22(26)16-5-6-18-19(13-16)28-12-11-27-18/h3-6,13,17H,7-12H2,1-2H3. The Morgan fingerprint density at radius 1 is 1.07 bits per heavy atom. The van der Waals surface area contributed by atoms with Crippen molar-refractivity contribution in [2.45, 2.75) is 32.8 Å². The van der Waals surface area contributed by atoms with Crippen molar-refractivity contribution in [1.29, 1.82) is 0 Å². The fourth-order valence-electron chi connectivity index (χ4n) is 3.97. The van der Waals surface area contributed by atoms with Gasteiger partial charge in [-0.1, -0.05) is 23.5 Å². The minimum Gasteiger partial charge on any atom is -0.486 e. The summed E-state index contributed by atoms with van der Waals surface area (Å²) in [7, 11) is 0. The zero-order chi connectivity index (χ0) is 20.7. The van der Waals surface area contributed by atoms with Crippen LogP contribution in [0.1, 0.15) is 34.3 Å². The van der Waals surface area contributed by atoms with Crippen molar-refractivity contribution in [2.24, 2.45) is 0 Å². The molecule has 0 N–H and O–H groups in total. The minimum absolute atomic E-state index is 0.0247. The highest BCUT2D eigenvalue weighted by molar-refractivity contribution is 7.20. The highest BCUT2D eigenvalue weighted by Crippen LogP contribution is 2.34. The molecule has 6 nitrogen and oxygen atoms in total. The molecule has 3 heterocycles. The Bertz CT molecular complexity index is 1060. The number of carbonyl (C=O) groups excluding carboxylic acids is 1. The minimum atomic E-state index is 0.0247. The fourth-order valence-corrected chi connectivity index (χ4v) is 5.00. The number of hydrogen-bond acceptors (Lipinski definition) is 6. The Kier molecular flexibility index (Phi) is 4.98. The van der Waals surface area contributed by atoms with Crippen molar-refractivity contribution in [3.63, 3.8) is 0 Å². The molecule has 156 valence electrons. The van der Waals surface area contributed by atoms with Crippen LogP contribution >= 0.6 is 11.3 Å². The molecule has 0 saturated carbocycles. The summed E-state index contributed by atoms with van der Waals surface area (Å²) in [5.74, 6) is 1.37. The van der Waals surface area contributed by atoms with Crippen LogP contribution in [0.5, 0.6) is 16.7 Å². The normalized spacial score (nSPS) is 16.7. The van der Waals surface area contributed by atoms with Crippen LogP contribution < -0.4 is 14.2 Å². The number of aryl methyl sites for hydroxylation is 2. The Hall–Kier alpha value is -2.80. The smallest absolute Gasteiger partial charge is 0.274 e. The van der Waals surface area contributed by atoms with E-state index in [1.807, 2.05) is 17.0 Å². The highest BCUT2D eigenvalue weighted by atomic mass is 32.1. The molecule has 1 amide bonds. The van der Waals surface area contributed by atoms with Crippen molar-refractivity contribution in [2.75, 3.05) is 26.3 Å². The Morgan fingerprint density at radius 2 is 1.80 bits per heavy atom. The molecule has 0 radical (unpaired) electrons. The number of amides is 1. The largest absolute Gasteiger partial charge is 0.486 e. The zero-order valence-electron chi connectivity index (χ0n) is 17.1. The van der Waals surface area contributed by atoms with Gasteiger partial charge in [0.2, 0.25) is 0 Å². The molecule has 0 spiro atoms. The number of piperidine rings is 1. The monoisotopic (exact) mass is 424 g/mol. The summed E-state index contributed by atoms with van der Waals surface area (Å²) in [6.07, 6.45) is 1.67. The van der Waals surface area contributed by atoms with Crippen molar-refractivity contribution < 1.29 is 19.0 Å². The lowest BCUT2D eigenvalue weighted by atomic mass is 10.1. The van der Waals surface area contributed by atoms with E-state index in [2.05, 4.69) is 26.0 Å². The quantitative estimate of drug-likeness (QED) is 0.625. The van der Waals surface area contributed by atoms with E-state index in [1.165, 1.54) is 15.8 Å². The van der Waals surface area contributed by atoms with Gasteiger partial charge in [0.1, 0.15) is 19.3 Å². The number of fused-ring (bicyclic) bond motifs is 2. The average Bonchev–Trinajstić information content (AvgIpc) is 3.21. The molecule has 1 aromatic heterocycles. The third-order valence-corrected chi connectivity index (χ3v) is 6.79. The summed E-state index contributed by atoms with van der Waals surface area (Å²) < 4.78 is 18.5. The van der Waals surface area contributed by atoms with Crippen LogP contribution in [0.15, 0.2) is 30.3 Å². The second kappa shape index (κ2) is 7.80. The molecule has 2 aliphatic rings. The maximum absolute atomic E-state index is 12.9. The number of benzene rings is 2. The summed E-state index contributed by atoms with van der Waals surface area (Å²) >= 11 is 1.61. The van der Waals surface area contributed by atoms with Crippen LogP contribution in [0.4, 0.5) is 0 Å². The van der Waals surface area contributed by atoms with Gasteiger partial charge in [-0.25, -0.2) is 4.98 Å². The Labute approximate surface area is 179 Å². The molecular formula is C23H24N2O4S. The number of nitrogens with zero attached hydrogens (tertiary/aromatic N) is 2. The molecule has 30 heavy (non-hydrogen) atoms. The first-order chi connectivity index (χ1) is 14.6. The van der Waals surface area contributed by atoms with Gasteiger partial charge >= 0.3 is 0 Å². The van der Waals surface area contributed by atoms with Crippen LogP contribution in [0.25, 0.3) is 10.2 Å². The molecule has 1 fully saturated rings. The average molecular weight is 425 g/mol. The number of thiazole rings is 1. The van der Waals surface area contributed by atoms with E-state index in [-0.39, 0.29) is 12.0 Å².